The van der Waals surface area contributed by atoms with E-state index in [1.54, 1.807) is 0 Å². The zero-order chi connectivity index (χ0) is 41.4. The van der Waals surface area contributed by atoms with Gasteiger partial charge >= 0.3 is 48.6 Å². The summed E-state index contributed by atoms with van der Waals surface area (Å²) in [5, 5.41) is 28.5. The Hall–Kier alpha value is -4.72. The molecule has 2 aliphatic heterocycles. The maximum absolute atomic E-state index is 10.6. The number of ether oxygens (including phenoxy) is 1. The van der Waals surface area contributed by atoms with Crippen molar-refractivity contribution in [1.29, 1.82) is 0 Å². The minimum absolute atomic E-state index is 0.240. The van der Waals surface area contributed by atoms with E-state index in [9.17, 15) is 52.7 Å². The number of aryl methyl sites for hydroxylation is 1. The fraction of sp³-hybridized carbons (Fsp3) is 0.556. The highest BCUT2D eigenvalue weighted by molar-refractivity contribution is 5.74. The minimum atomic E-state index is -5.08. The second-order valence-electron chi connectivity index (χ2n) is 10.8. The number of rotatable bonds is 4. The number of nitrogens with zero attached hydrogens (tertiary/aromatic N) is 5. The number of pyridine rings is 1. The zero-order valence-corrected chi connectivity index (χ0v) is 26.9. The number of aromatic nitrogens is 3. The van der Waals surface area contributed by atoms with E-state index in [-0.39, 0.29) is 5.41 Å². The SMILES string of the molecule is Cn1ccnc1CN1CCOCC2(CCN(Cc3cccnc3)C2)C1.O=C(O)C(F)(F)F.O=C(O)C(F)(F)F.O=C(O)C(F)(F)F.O=C(O)C(F)(F)F. The first kappa shape index (κ1) is 48.3. The molecule has 1 unspecified atom stereocenters. The van der Waals surface area contributed by atoms with Gasteiger partial charge in [0.15, 0.2) is 0 Å². The van der Waals surface area contributed by atoms with Crippen LogP contribution in [0.3, 0.4) is 0 Å². The van der Waals surface area contributed by atoms with Crippen molar-refractivity contribution >= 4 is 23.9 Å². The van der Waals surface area contributed by atoms with Crippen LogP contribution < -0.4 is 0 Å². The lowest BCUT2D eigenvalue weighted by molar-refractivity contribution is -0.193. The Morgan fingerprint density at radius 1 is 0.736 bits per heavy atom. The predicted molar refractivity (Wildman–Crippen MR) is 151 cm³/mol. The molecule has 0 aliphatic carbocycles. The van der Waals surface area contributed by atoms with E-state index in [0.29, 0.717) is 0 Å². The minimum Gasteiger partial charge on any atom is -0.475 e. The fourth-order valence-electron chi connectivity index (χ4n) is 4.12. The molecule has 0 amide bonds. The van der Waals surface area contributed by atoms with E-state index in [1.165, 1.54) is 12.0 Å². The van der Waals surface area contributed by atoms with Gasteiger partial charge in [0.2, 0.25) is 0 Å². The standard InChI is InChI=1S/C19H27N5O.4C2HF3O2/c1-22-8-6-21-18(22)13-24-9-10-25-16-19(15-24)4-7-23(14-19)12-17-3-2-5-20-11-17;4*3-2(4,5)1(6)7/h2-3,5-6,8,11H,4,7,9-10,12-16H2,1H3;4*(H,6,7). The van der Waals surface area contributed by atoms with Gasteiger partial charge in [-0.3, -0.25) is 14.8 Å². The lowest BCUT2D eigenvalue weighted by Crippen LogP contribution is -2.40. The van der Waals surface area contributed by atoms with Crippen LogP contribution in [0.15, 0.2) is 36.9 Å². The number of aliphatic carboxylic acids is 4. The molecule has 4 heterocycles. The zero-order valence-electron chi connectivity index (χ0n) is 26.9. The Labute approximate surface area is 290 Å². The number of hydrogen-bond donors (Lipinski definition) is 4. The molecule has 14 nitrogen and oxygen atoms in total. The Morgan fingerprint density at radius 2 is 1.17 bits per heavy atom. The molecule has 0 saturated carbocycles. The third-order valence-corrected chi connectivity index (χ3v) is 6.42. The van der Waals surface area contributed by atoms with Gasteiger partial charge in [-0.15, -0.1) is 0 Å². The number of carboxylic acids is 4. The van der Waals surface area contributed by atoms with Crippen LogP contribution in [-0.4, -0.2) is 133 Å². The maximum atomic E-state index is 10.6. The summed E-state index contributed by atoms with van der Waals surface area (Å²) in [4.78, 5) is 49.4. The van der Waals surface area contributed by atoms with Crippen molar-refractivity contribution < 1.29 is 97.0 Å². The topological polar surface area (TPSA) is 196 Å². The van der Waals surface area contributed by atoms with Gasteiger partial charge in [-0.2, -0.15) is 52.7 Å². The van der Waals surface area contributed by atoms with Crippen LogP contribution in [0.25, 0.3) is 0 Å². The summed E-state index contributed by atoms with van der Waals surface area (Å²) in [5.74, 6) is -9.90. The molecule has 4 rings (SSSR count). The first-order valence-electron chi connectivity index (χ1n) is 14.1. The number of hydrogen-bond acceptors (Lipinski definition) is 9. The first-order chi connectivity index (χ1) is 24.0. The van der Waals surface area contributed by atoms with Gasteiger partial charge in [0.1, 0.15) is 5.82 Å². The molecule has 4 N–H and O–H groups in total. The van der Waals surface area contributed by atoms with E-state index in [0.717, 1.165) is 58.3 Å². The highest BCUT2D eigenvalue weighted by Gasteiger charge is 2.42. The molecule has 1 spiro atoms. The Kier molecular flexibility index (Phi) is 18.7. The molecule has 2 fully saturated rings. The summed E-state index contributed by atoms with van der Waals surface area (Å²) in [6.45, 7) is 7.86. The molecule has 26 heteroatoms. The lowest BCUT2D eigenvalue weighted by atomic mass is 9.87. The number of alkyl halides is 12. The van der Waals surface area contributed by atoms with E-state index in [4.69, 9.17) is 44.3 Å². The van der Waals surface area contributed by atoms with Gasteiger partial charge in [-0.25, -0.2) is 24.2 Å². The van der Waals surface area contributed by atoms with E-state index >= 15 is 0 Å². The van der Waals surface area contributed by atoms with Crippen molar-refractivity contribution in [2.45, 2.75) is 44.2 Å². The molecule has 2 aromatic rings. The van der Waals surface area contributed by atoms with Gasteiger partial charge in [-0.05, 0) is 24.6 Å². The number of halogens is 12. The average Bonchev–Trinajstić information content (AvgIpc) is 3.53. The molecule has 0 bridgehead atoms. The summed E-state index contributed by atoms with van der Waals surface area (Å²) >= 11 is 0. The van der Waals surface area contributed by atoms with Crippen LogP contribution in [-0.2, 0) is 44.1 Å². The lowest BCUT2D eigenvalue weighted by Gasteiger charge is -2.31. The Balaban J connectivity index is 0.000000791. The molecular formula is C27H31F12N5O9. The summed E-state index contributed by atoms with van der Waals surface area (Å²) in [6, 6.07) is 4.18. The summed E-state index contributed by atoms with van der Waals surface area (Å²) < 4.78 is 135. The maximum Gasteiger partial charge on any atom is 0.490 e. The second kappa shape index (κ2) is 20.5. The number of likely N-dealkylation sites (tertiary alicyclic amines) is 1. The van der Waals surface area contributed by atoms with Gasteiger partial charge < -0.3 is 29.7 Å². The van der Waals surface area contributed by atoms with Gasteiger partial charge in [0, 0.05) is 63.4 Å². The second-order valence-corrected chi connectivity index (χ2v) is 10.8. The fourth-order valence-corrected chi connectivity index (χ4v) is 4.12. The van der Waals surface area contributed by atoms with Crippen LogP contribution in [0.5, 0.6) is 0 Å². The molecule has 302 valence electrons. The molecule has 53 heavy (non-hydrogen) atoms. The van der Waals surface area contributed by atoms with Gasteiger partial charge in [0.05, 0.1) is 19.8 Å². The number of carbonyl (C=O) groups is 4. The molecule has 0 aromatic carbocycles. The molecule has 2 aromatic heterocycles. The monoisotopic (exact) mass is 797 g/mol. The van der Waals surface area contributed by atoms with Crippen LogP contribution in [0.2, 0.25) is 0 Å². The van der Waals surface area contributed by atoms with Crippen LogP contribution in [0, 0.1) is 5.41 Å². The van der Waals surface area contributed by atoms with E-state index in [2.05, 4.69) is 37.4 Å². The average molecular weight is 798 g/mol. The Bertz CT molecular complexity index is 1360. The molecule has 2 saturated heterocycles. The van der Waals surface area contributed by atoms with Crippen molar-refractivity contribution in [3.8, 4) is 0 Å². The van der Waals surface area contributed by atoms with E-state index < -0.39 is 48.6 Å². The van der Waals surface area contributed by atoms with Crippen molar-refractivity contribution in [2.75, 3.05) is 39.4 Å². The predicted octanol–water partition coefficient (Wildman–Crippen LogP) is 4.07. The Morgan fingerprint density at radius 3 is 1.53 bits per heavy atom. The summed E-state index contributed by atoms with van der Waals surface area (Å²) in [7, 11) is 2.07. The molecular weight excluding hydrogens is 766 g/mol. The third kappa shape index (κ3) is 20.2. The highest BCUT2D eigenvalue weighted by atomic mass is 19.4. The first-order valence-corrected chi connectivity index (χ1v) is 14.1. The van der Waals surface area contributed by atoms with Gasteiger partial charge in [-0.1, -0.05) is 6.07 Å². The molecule has 1 atom stereocenters. The van der Waals surface area contributed by atoms with Gasteiger partial charge in [0.25, 0.3) is 0 Å². The molecule has 0 radical (unpaired) electrons. The van der Waals surface area contributed by atoms with Crippen molar-refractivity contribution in [1.82, 2.24) is 24.3 Å². The summed E-state index contributed by atoms with van der Waals surface area (Å²) in [6.07, 6.45) is -11.4. The van der Waals surface area contributed by atoms with Crippen molar-refractivity contribution in [2.24, 2.45) is 12.5 Å². The summed E-state index contributed by atoms with van der Waals surface area (Å²) in [5.41, 5.74) is 1.53. The smallest absolute Gasteiger partial charge is 0.475 e. The van der Waals surface area contributed by atoms with Crippen molar-refractivity contribution in [3.05, 3.63) is 48.3 Å². The van der Waals surface area contributed by atoms with E-state index in [1.807, 2.05) is 30.9 Å². The third-order valence-electron chi connectivity index (χ3n) is 6.42. The number of imidazole rings is 1. The van der Waals surface area contributed by atoms with Crippen molar-refractivity contribution in [3.63, 3.8) is 0 Å². The number of carboxylic acid groups (broad SMARTS) is 4. The normalized spacial score (nSPS) is 18.0. The quantitative estimate of drug-likeness (QED) is 0.324. The van der Waals surface area contributed by atoms with Crippen LogP contribution >= 0.6 is 0 Å². The van der Waals surface area contributed by atoms with Crippen LogP contribution in [0.1, 0.15) is 17.8 Å². The van der Waals surface area contributed by atoms with Crippen LogP contribution in [0.4, 0.5) is 52.7 Å². The molecule has 2 aliphatic rings. The largest absolute Gasteiger partial charge is 0.490 e. The highest BCUT2D eigenvalue weighted by Crippen LogP contribution is 2.34.